The summed E-state index contributed by atoms with van der Waals surface area (Å²) in [7, 11) is 0. The predicted molar refractivity (Wildman–Crippen MR) is 133 cm³/mol. The molecule has 5 rings (SSSR count). The second-order valence-corrected chi connectivity index (χ2v) is 10.2. The topological polar surface area (TPSA) is 67.2 Å². The van der Waals surface area contributed by atoms with Gasteiger partial charge in [0.15, 0.2) is 5.65 Å². The second kappa shape index (κ2) is 8.59. The molecular formula is C25H28N6OS. The molecule has 0 saturated carbocycles. The molecule has 4 aromatic heterocycles. The Hall–Kier alpha value is -3.26. The lowest BCUT2D eigenvalue weighted by atomic mass is 10.1. The monoisotopic (exact) mass is 460 g/mol. The van der Waals surface area contributed by atoms with Crippen LogP contribution in [-0.2, 0) is 0 Å². The Morgan fingerprint density at radius 1 is 1.06 bits per heavy atom. The smallest absolute Gasteiger partial charge is 0.254 e. The molecule has 1 saturated heterocycles. The molecule has 5 heterocycles. The first kappa shape index (κ1) is 21.6. The van der Waals surface area contributed by atoms with Crippen molar-refractivity contribution in [3.05, 3.63) is 58.2 Å². The molecule has 0 spiro atoms. The molecule has 0 N–H and O–H groups in total. The summed E-state index contributed by atoms with van der Waals surface area (Å²) >= 11 is 1.75. The van der Waals surface area contributed by atoms with Crippen LogP contribution in [0.15, 0.2) is 42.9 Å². The Kier molecular flexibility index (Phi) is 5.62. The molecule has 8 heteroatoms. The zero-order valence-electron chi connectivity index (χ0n) is 19.4. The highest BCUT2D eigenvalue weighted by Crippen LogP contribution is 2.33. The molecule has 0 aliphatic carbocycles. The molecule has 0 atom stereocenters. The molecular weight excluding hydrogens is 432 g/mol. The van der Waals surface area contributed by atoms with Gasteiger partial charge >= 0.3 is 0 Å². The van der Waals surface area contributed by atoms with Crippen LogP contribution in [-0.4, -0.2) is 56.7 Å². The van der Waals surface area contributed by atoms with Crippen molar-refractivity contribution in [3.63, 3.8) is 0 Å². The third kappa shape index (κ3) is 3.99. The third-order valence-electron chi connectivity index (χ3n) is 6.20. The average molecular weight is 461 g/mol. The van der Waals surface area contributed by atoms with Crippen molar-refractivity contribution in [3.8, 4) is 11.3 Å². The van der Waals surface area contributed by atoms with E-state index >= 15 is 0 Å². The Morgan fingerprint density at radius 2 is 1.79 bits per heavy atom. The molecule has 0 radical (unpaired) electrons. The van der Waals surface area contributed by atoms with Crippen LogP contribution in [0.1, 0.15) is 40.0 Å². The van der Waals surface area contributed by atoms with Crippen LogP contribution in [0.3, 0.4) is 0 Å². The van der Waals surface area contributed by atoms with E-state index in [1.807, 2.05) is 40.2 Å². The normalized spacial score (nSPS) is 14.5. The van der Waals surface area contributed by atoms with Crippen LogP contribution in [0.25, 0.3) is 22.3 Å². The van der Waals surface area contributed by atoms with Crippen LogP contribution in [0.4, 0.5) is 5.69 Å². The van der Waals surface area contributed by atoms with Gasteiger partial charge < -0.3 is 9.80 Å². The van der Waals surface area contributed by atoms with Crippen molar-refractivity contribution in [1.29, 1.82) is 0 Å². The first-order valence-electron chi connectivity index (χ1n) is 11.3. The largest absolute Gasteiger partial charge is 0.368 e. The number of pyridine rings is 2. The summed E-state index contributed by atoms with van der Waals surface area (Å²) in [4.78, 5) is 29.5. The van der Waals surface area contributed by atoms with Crippen LogP contribution >= 0.6 is 11.3 Å². The molecule has 1 aliphatic rings. The van der Waals surface area contributed by atoms with Gasteiger partial charge in [0.2, 0.25) is 0 Å². The molecule has 4 aromatic rings. The minimum absolute atomic E-state index is 0.0472. The first-order valence-corrected chi connectivity index (χ1v) is 12.1. The summed E-state index contributed by atoms with van der Waals surface area (Å²) in [5, 5.41) is 5.39. The van der Waals surface area contributed by atoms with Crippen molar-refractivity contribution in [2.45, 2.75) is 33.7 Å². The lowest BCUT2D eigenvalue weighted by Crippen LogP contribution is -2.48. The number of thiophene rings is 1. The number of fused-ring (bicyclic) bond motifs is 1. The van der Waals surface area contributed by atoms with E-state index in [9.17, 15) is 4.79 Å². The summed E-state index contributed by atoms with van der Waals surface area (Å²) in [5.41, 5.74) is 4.53. The highest BCUT2D eigenvalue weighted by Gasteiger charge is 2.26. The van der Waals surface area contributed by atoms with E-state index in [4.69, 9.17) is 4.98 Å². The van der Waals surface area contributed by atoms with Gasteiger partial charge in [-0.15, -0.1) is 11.3 Å². The minimum Gasteiger partial charge on any atom is -0.368 e. The first-order chi connectivity index (χ1) is 15.9. The fourth-order valence-electron chi connectivity index (χ4n) is 4.49. The van der Waals surface area contributed by atoms with Gasteiger partial charge in [0.25, 0.3) is 5.91 Å². The van der Waals surface area contributed by atoms with E-state index in [2.05, 4.69) is 48.7 Å². The molecule has 0 unspecified atom stereocenters. The summed E-state index contributed by atoms with van der Waals surface area (Å²) in [6.07, 6.45) is 5.41. The van der Waals surface area contributed by atoms with Crippen LogP contribution in [0.5, 0.6) is 0 Å². The summed E-state index contributed by atoms with van der Waals surface area (Å²) in [6.45, 7) is 11.3. The molecule has 170 valence electrons. The van der Waals surface area contributed by atoms with Gasteiger partial charge in [0.1, 0.15) is 0 Å². The Balaban J connectivity index is 1.50. The number of nitrogens with zero attached hydrogens (tertiary/aromatic N) is 6. The standard InChI is InChI=1S/C25H28N6OS/c1-16(2)31-24-22(15-27-31)21(14-23(28-24)20-13-17(3)33-18(20)4)25(32)30-11-9-29(10-12-30)19-5-7-26-8-6-19/h5-8,13-16H,9-12H2,1-4H3. The number of amides is 1. The fourth-order valence-corrected chi connectivity index (χ4v) is 5.42. The van der Waals surface area contributed by atoms with Crippen LogP contribution in [0.2, 0.25) is 0 Å². The van der Waals surface area contributed by atoms with E-state index in [0.29, 0.717) is 18.7 Å². The van der Waals surface area contributed by atoms with Crippen LogP contribution in [0, 0.1) is 13.8 Å². The lowest BCUT2D eigenvalue weighted by molar-refractivity contribution is 0.0748. The Bertz CT molecular complexity index is 1300. The van der Waals surface area contributed by atoms with Crippen LogP contribution < -0.4 is 4.90 Å². The Morgan fingerprint density at radius 3 is 2.42 bits per heavy atom. The predicted octanol–water partition coefficient (Wildman–Crippen LogP) is 4.71. The SMILES string of the molecule is Cc1cc(-c2cc(C(=O)N3CCN(c4ccncc4)CC3)c3cnn(C(C)C)c3n2)c(C)s1. The van der Waals surface area contributed by atoms with Gasteiger partial charge in [-0.05, 0) is 52.0 Å². The van der Waals surface area contributed by atoms with E-state index < -0.39 is 0 Å². The fraction of sp³-hybridized carbons (Fsp3) is 0.360. The molecule has 0 bridgehead atoms. The highest BCUT2D eigenvalue weighted by atomic mass is 32.1. The number of rotatable bonds is 4. The van der Waals surface area contributed by atoms with Crippen molar-refractivity contribution in [1.82, 2.24) is 24.6 Å². The molecule has 1 fully saturated rings. The number of aromatic nitrogens is 4. The maximum atomic E-state index is 13.7. The van der Waals surface area contributed by atoms with Gasteiger partial charge in [0, 0.05) is 65.6 Å². The maximum absolute atomic E-state index is 13.7. The summed E-state index contributed by atoms with van der Waals surface area (Å²) in [6, 6.07) is 8.30. The number of hydrogen-bond donors (Lipinski definition) is 0. The average Bonchev–Trinajstić information content (AvgIpc) is 3.41. The number of hydrogen-bond acceptors (Lipinski definition) is 6. The maximum Gasteiger partial charge on any atom is 0.254 e. The number of anilines is 1. The molecule has 1 aliphatic heterocycles. The van der Waals surface area contributed by atoms with Gasteiger partial charge in [-0.1, -0.05) is 0 Å². The molecule has 1 amide bonds. The molecule has 33 heavy (non-hydrogen) atoms. The lowest BCUT2D eigenvalue weighted by Gasteiger charge is -2.36. The molecule has 0 aromatic carbocycles. The minimum atomic E-state index is 0.0472. The zero-order valence-corrected chi connectivity index (χ0v) is 20.3. The van der Waals surface area contributed by atoms with E-state index in [1.165, 1.54) is 9.75 Å². The van der Waals surface area contributed by atoms with Crippen molar-refractivity contribution >= 4 is 34.0 Å². The molecule has 7 nitrogen and oxygen atoms in total. The van der Waals surface area contributed by atoms with Gasteiger partial charge in [-0.3, -0.25) is 9.78 Å². The second-order valence-electron chi connectivity index (χ2n) is 8.79. The number of aryl methyl sites for hydroxylation is 2. The highest BCUT2D eigenvalue weighted by molar-refractivity contribution is 7.12. The van der Waals surface area contributed by atoms with E-state index in [1.54, 1.807) is 17.5 Å². The zero-order chi connectivity index (χ0) is 23.1. The quantitative estimate of drug-likeness (QED) is 0.441. The van der Waals surface area contributed by atoms with E-state index in [-0.39, 0.29) is 11.9 Å². The number of carbonyl (C=O) groups is 1. The van der Waals surface area contributed by atoms with Crippen molar-refractivity contribution in [2.75, 3.05) is 31.1 Å². The van der Waals surface area contributed by atoms with Gasteiger partial charge in [-0.2, -0.15) is 5.10 Å². The summed E-state index contributed by atoms with van der Waals surface area (Å²) in [5.74, 6) is 0.0472. The van der Waals surface area contributed by atoms with E-state index in [0.717, 1.165) is 41.1 Å². The van der Waals surface area contributed by atoms with Crippen molar-refractivity contribution in [2.24, 2.45) is 0 Å². The summed E-state index contributed by atoms with van der Waals surface area (Å²) < 4.78 is 1.91. The van der Waals surface area contributed by atoms with Gasteiger partial charge in [-0.25, -0.2) is 9.67 Å². The Labute approximate surface area is 197 Å². The third-order valence-corrected chi connectivity index (χ3v) is 7.16. The number of carbonyl (C=O) groups excluding carboxylic acids is 1. The van der Waals surface area contributed by atoms with Gasteiger partial charge in [0.05, 0.1) is 22.8 Å². The number of piperazine rings is 1. The van der Waals surface area contributed by atoms with Crippen molar-refractivity contribution < 1.29 is 4.79 Å².